The second kappa shape index (κ2) is 7.63. The van der Waals surface area contributed by atoms with E-state index in [1.807, 2.05) is 25.9 Å². The third kappa shape index (κ3) is 4.65. The van der Waals surface area contributed by atoms with Gasteiger partial charge in [-0.2, -0.15) is 0 Å². The minimum Gasteiger partial charge on any atom is -0.384 e. The monoisotopic (exact) mass is 278 g/mol. The maximum Gasteiger partial charge on any atom is 0.251 e. The zero-order valence-corrected chi connectivity index (χ0v) is 11.9. The lowest BCUT2D eigenvalue weighted by atomic mass is 10.1. The van der Waals surface area contributed by atoms with Crippen molar-refractivity contribution in [1.29, 1.82) is 0 Å². The Morgan fingerprint density at radius 3 is 2.75 bits per heavy atom. The van der Waals surface area contributed by atoms with Crippen molar-refractivity contribution in [3.63, 3.8) is 0 Å². The van der Waals surface area contributed by atoms with Crippen molar-refractivity contribution in [2.75, 3.05) is 27.2 Å². The van der Waals surface area contributed by atoms with Crippen molar-refractivity contribution in [3.05, 3.63) is 35.1 Å². The van der Waals surface area contributed by atoms with Crippen molar-refractivity contribution >= 4 is 5.91 Å². The number of carbonyl (C=O) groups is 1. The van der Waals surface area contributed by atoms with Crippen LogP contribution in [0.2, 0.25) is 0 Å². The molecular weight excluding hydrogens is 259 g/mol. The van der Waals surface area contributed by atoms with Gasteiger partial charge in [-0.1, -0.05) is 11.8 Å². The second-order valence-electron chi connectivity index (χ2n) is 4.68. The highest BCUT2D eigenvalue weighted by Crippen LogP contribution is 2.09. The number of amides is 1. The minimum absolute atomic E-state index is 0.164. The van der Waals surface area contributed by atoms with Crippen LogP contribution in [0.15, 0.2) is 18.2 Å². The van der Waals surface area contributed by atoms with Crippen LogP contribution in [0.5, 0.6) is 0 Å². The highest BCUT2D eigenvalue weighted by atomic mass is 19.1. The standard InChI is InChI=1S/C15H19FN2O2/c1-11(18(2)3)10-17-15(20)13-7-6-12(5-4-8-19)14(16)9-13/h6-7,9,11,19H,8,10H2,1-3H3,(H,17,20). The maximum atomic E-state index is 13.7. The van der Waals surface area contributed by atoms with Crippen LogP contribution in [0.1, 0.15) is 22.8 Å². The number of likely N-dealkylation sites (N-methyl/N-ethyl adjacent to an activating group) is 1. The molecule has 1 rings (SSSR count). The van der Waals surface area contributed by atoms with E-state index in [1.54, 1.807) is 0 Å². The molecule has 0 aromatic heterocycles. The molecule has 0 fully saturated rings. The molecule has 0 radical (unpaired) electrons. The van der Waals surface area contributed by atoms with Crippen molar-refractivity contribution in [3.8, 4) is 11.8 Å². The first-order valence-corrected chi connectivity index (χ1v) is 6.29. The highest BCUT2D eigenvalue weighted by molar-refractivity contribution is 5.94. The Labute approximate surface area is 118 Å². The van der Waals surface area contributed by atoms with Gasteiger partial charge in [0.05, 0.1) is 5.56 Å². The molecule has 1 aromatic rings. The third-order valence-corrected chi connectivity index (χ3v) is 2.97. The molecule has 0 aliphatic carbocycles. The van der Waals surface area contributed by atoms with E-state index in [-0.39, 0.29) is 29.7 Å². The summed E-state index contributed by atoms with van der Waals surface area (Å²) in [5.74, 6) is 3.96. The number of carbonyl (C=O) groups excluding carboxylic acids is 1. The number of halogens is 1. The second-order valence-corrected chi connectivity index (χ2v) is 4.68. The molecule has 0 saturated carbocycles. The molecule has 0 aliphatic rings. The van der Waals surface area contributed by atoms with Crippen LogP contribution in [0.25, 0.3) is 0 Å². The van der Waals surface area contributed by atoms with E-state index in [1.165, 1.54) is 12.1 Å². The summed E-state index contributed by atoms with van der Waals surface area (Å²) in [6.45, 7) is 2.14. The van der Waals surface area contributed by atoms with E-state index < -0.39 is 5.82 Å². The summed E-state index contributed by atoms with van der Waals surface area (Å²) in [4.78, 5) is 13.9. The molecule has 1 atom stereocenters. The van der Waals surface area contributed by atoms with Crippen LogP contribution in [-0.4, -0.2) is 49.2 Å². The highest BCUT2D eigenvalue weighted by Gasteiger charge is 2.11. The maximum absolute atomic E-state index is 13.7. The van der Waals surface area contributed by atoms with Crippen LogP contribution in [0.3, 0.4) is 0 Å². The summed E-state index contributed by atoms with van der Waals surface area (Å²) in [5.41, 5.74) is 0.417. The number of hydrogen-bond acceptors (Lipinski definition) is 3. The summed E-state index contributed by atoms with van der Waals surface area (Å²) in [7, 11) is 3.84. The van der Waals surface area contributed by atoms with Gasteiger partial charge >= 0.3 is 0 Å². The minimum atomic E-state index is -0.570. The van der Waals surface area contributed by atoms with Gasteiger partial charge in [0, 0.05) is 18.2 Å². The molecule has 0 spiro atoms. The Morgan fingerprint density at radius 1 is 1.50 bits per heavy atom. The Kier molecular flexibility index (Phi) is 6.16. The van der Waals surface area contributed by atoms with Gasteiger partial charge in [-0.05, 0) is 39.2 Å². The fourth-order valence-electron chi connectivity index (χ4n) is 1.42. The molecule has 1 aromatic carbocycles. The van der Waals surface area contributed by atoms with Crippen LogP contribution >= 0.6 is 0 Å². The summed E-state index contributed by atoms with van der Waals surface area (Å²) in [6.07, 6.45) is 0. The van der Waals surface area contributed by atoms with Gasteiger partial charge in [-0.3, -0.25) is 4.79 Å². The van der Waals surface area contributed by atoms with Crippen molar-refractivity contribution in [2.24, 2.45) is 0 Å². The van der Waals surface area contributed by atoms with Crippen molar-refractivity contribution in [1.82, 2.24) is 10.2 Å². The molecule has 108 valence electrons. The Hall–Kier alpha value is -1.90. The molecule has 1 amide bonds. The van der Waals surface area contributed by atoms with Crippen LogP contribution in [0, 0.1) is 17.7 Å². The molecule has 20 heavy (non-hydrogen) atoms. The molecule has 5 heteroatoms. The van der Waals surface area contributed by atoms with Gasteiger partial charge in [0.1, 0.15) is 12.4 Å². The van der Waals surface area contributed by atoms with Crippen LogP contribution in [0.4, 0.5) is 4.39 Å². The van der Waals surface area contributed by atoms with E-state index >= 15 is 0 Å². The lowest BCUT2D eigenvalue weighted by Crippen LogP contribution is -2.38. The zero-order valence-electron chi connectivity index (χ0n) is 11.9. The van der Waals surface area contributed by atoms with Crippen molar-refractivity contribution < 1.29 is 14.3 Å². The van der Waals surface area contributed by atoms with E-state index in [0.717, 1.165) is 6.07 Å². The number of aliphatic hydroxyl groups excluding tert-OH is 1. The van der Waals surface area contributed by atoms with Gasteiger partial charge in [-0.25, -0.2) is 4.39 Å². The van der Waals surface area contributed by atoms with E-state index in [0.29, 0.717) is 6.54 Å². The number of benzene rings is 1. The lowest BCUT2D eigenvalue weighted by molar-refractivity contribution is 0.0943. The summed E-state index contributed by atoms with van der Waals surface area (Å²) >= 11 is 0. The molecular formula is C15H19FN2O2. The van der Waals surface area contributed by atoms with Gasteiger partial charge < -0.3 is 15.3 Å². The average Bonchev–Trinajstić information content (AvgIpc) is 2.42. The zero-order chi connectivity index (χ0) is 15.1. The molecule has 2 N–H and O–H groups in total. The van der Waals surface area contributed by atoms with Gasteiger partial charge in [-0.15, -0.1) is 0 Å². The molecule has 0 aliphatic heterocycles. The number of hydrogen-bond donors (Lipinski definition) is 2. The quantitative estimate of drug-likeness (QED) is 0.803. The third-order valence-electron chi connectivity index (χ3n) is 2.97. The van der Waals surface area contributed by atoms with E-state index in [4.69, 9.17) is 5.11 Å². The average molecular weight is 278 g/mol. The smallest absolute Gasteiger partial charge is 0.251 e. The molecule has 1 unspecified atom stereocenters. The summed E-state index contributed by atoms with van der Waals surface area (Å²) in [6, 6.07) is 4.29. The van der Waals surface area contributed by atoms with Gasteiger partial charge in [0.25, 0.3) is 5.91 Å². The number of aliphatic hydroxyl groups is 1. The predicted molar refractivity (Wildman–Crippen MR) is 75.8 cm³/mol. The Morgan fingerprint density at radius 2 is 2.20 bits per heavy atom. The van der Waals surface area contributed by atoms with Crippen LogP contribution < -0.4 is 5.32 Å². The number of nitrogens with zero attached hydrogens (tertiary/aromatic N) is 1. The summed E-state index contributed by atoms with van der Waals surface area (Å²) < 4.78 is 13.7. The predicted octanol–water partition coefficient (Wildman–Crippen LogP) is 0.849. The lowest BCUT2D eigenvalue weighted by Gasteiger charge is -2.19. The number of nitrogens with one attached hydrogen (secondary N) is 1. The number of rotatable bonds is 4. The Balaban J connectivity index is 2.73. The fraction of sp³-hybridized carbons (Fsp3) is 0.400. The normalized spacial score (nSPS) is 11.7. The molecule has 0 heterocycles. The molecule has 0 bridgehead atoms. The van der Waals surface area contributed by atoms with Gasteiger partial charge in [0.2, 0.25) is 0 Å². The van der Waals surface area contributed by atoms with Crippen molar-refractivity contribution in [2.45, 2.75) is 13.0 Å². The topological polar surface area (TPSA) is 52.6 Å². The largest absolute Gasteiger partial charge is 0.384 e. The fourth-order valence-corrected chi connectivity index (χ4v) is 1.42. The Bertz CT molecular complexity index is 532. The van der Waals surface area contributed by atoms with Gasteiger partial charge in [0.15, 0.2) is 0 Å². The first-order valence-electron chi connectivity index (χ1n) is 6.29. The van der Waals surface area contributed by atoms with E-state index in [9.17, 15) is 9.18 Å². The van der Waals surface area contributed by atoms with Crippen LogP contribution in [-0.2, 0) is 0 Å². The SMILES string of the molecule is CC(CNC(=O)c1ccc(C#CCO)c(F)c1)N(C)C. The van der Waals surface area contributed by atoms with E-state index in [2.05, 4.69) is 17.2 Å². The summed E-state index contributed by atoms with van der Waals surface area (Å²) in [5, 5.41) is 11.3. The molecule has 0 saturated heterocycles. The first-order chi connectivity index (χ1) is 9.45. The molecule has 4 nitrogen and oxygen atoms in total. The first kappa shape index (κ1) is 16.2.